The zero-order chi connectivity index (χ0) is 14.5. The van der Waals surface area contributed by atoms with Crippen molar-refractivity contribution in [2.45, 2.75) is 18.4 Å². The number of aromatic nitrogens is 1. The van der Waals surface area contributed by atoms with E-state index in [9.17, 15) is 4.79 Å². The van der Waals surface area contributed by atoms with E-state index in [2.05, 4.69) is 33.5 Å². The topological polar surface area (TPSA) is 33.2 Å². The van der Waals surface area contributed by atoms with Crippen LogP contribution in [0.25, 0.3) is 0 Å². The van der Waals surface area contributed by atoms with E-state index in [0.29, 0.717) is 18.7 Å². The molecule has 0 unspecified atom stereocenters. The molecule has 0 atom stereocenters. The monoisotopic (exact) mass is 350 g/mol. The molecule has 20 heavy (non-hydrogen) atoms. The fourth-order valence-corrected chi connectivity index (χ4v) is 2.48. The summed E-state index contributed by atoms with van der Waals surface area (Å²) in [5.41, 5.74) is 1.50. The second-order valence-electron chi connectivity index (χ2n) is 4.30. The van der Waals surface area contributed by atoms with E-state index < -0.39 is 0 Å². The second kappa shape index (κ2) is 6.90. The van der Waals surface area contributed by atoms with Gasteiger partial charge < -0.3 is 4.90 Å². The van der Waals surface area contributed by atoms with Crippen molar-refractivity contribution in [1.82, 2.24) is 9.88 Å². The molecule has 0 radical (unpaired) electrons. The molecule has 2 rings (SSSR count). The van der Waals surface area contributed by atoms with Crippen molar-refractivity contribution in [1.29, 1.82) is 0 Å². The number of hydrogen-bond donors (Lipinski definition) is 1. The van der Waals surface area contributed by atoms with Gasteiger partial charge in [0.1, 0.15) is 0 Å². The number of rotatable bonds is 4. The predicted octanol–water partition coefficient (Wildman–Crippen LogP) is 3.80. The summed E-state index contributed by atoms with van der Waals surface area (Å²) < 4.78 is 0.778. The van der Waals surface area contributed by atoms with Crippen LogP contribution in [0.2, 0.25) is 0 Å². The number of carbonyl (C=O) groups is 1. The quantitative estimate of drug-likeness (QED) is 0.850. The molecular formula is C15H15BrN2OS. The number of benzene rings is 1. The average molecular weight is 351 g/mol. The molecular weight excluding hydrogens is 336 g/mol. The van der Waals surface area contributed by atoms with Crippen molar-refractivity contribution in [2.24, 2.45) is 0 Å². The van der Waals surface area contributed by atoms with Crippen molar-refractivity contribution in [3.05, 3.63) is 58.3 Å². The lowest BCUT2D eigenvalue weighted by molar-refractivity contribution is 0.0749. The fourth-order valence-electron chi connectivity index (χ4n) is 1.86. The van der Waals surface area contributed by atoms with Crippen LogP contribution in [0.4, 0.5) is 0 Å². The summed E-state index contributed by atoms with van der Waals surface area (Å²) in [6.07, 6.45) is 1.73. The van der Waals surface area contributed by atoms with Gasteiger partial charge in [0, 0.05) is 22.1 Å². The molecule has 0 fully saturated rings. The third kappa shape index (κ3) is 3.61. The Balaban J connectivity index is 2.23. The fraction of sp³-hybridized carbons (Fsp3) is 0.200. The van der Waals surface area contributed by atoms with Crippen molar-refractivity contribution in [3.8, 4) is 0 Å². The van der Waals surface area contributed by atoms with E-state index in [1.165, 1.54) is 0 Å². The van der Waals surface area contributed by atoms with E-state index >= 15 is 0 Å². The van der Waals surface area contributed by atoms with Gasteiger partial charge in [-0.15, -0.1) is 12.6 Å². The van der Waals surface area contributed by atoms with Gasteiger partial charge in [-0.3, -0.25) is 9.78 Å². The first-order valence-electron chi connectivity index (χ1n) is 6.29. The highest BCUT2D eigenvalue weighted by Gasteiger charge is 2.17. The molecule has 0 aliphatic rings. The summed E-state index contributed by atoms with van der Waals surface area (Å²) in [6, 6.07) is 11.2. The highest BCUT2D eigenvalue weighted by Crippen LogP contribution is 2.22. The Bertz CT molecular complexity index is 604. The van der Waals surface area contributed by atoms with Gasteiger partial charge in [-0.05, 0) is 53.2 Å². The first kappa shape index (κ1) is 15.1. The molecule has 1 heterocycles. The van der Waals surface area contributed by atoms with Crippen molar-refractivity contribution in [3.63, 3.8) is 0 Å². The molecule has 2 aromatic rings. The van der Waals surface area contributed by atoms with Crippen LogP contribution in [0.1, 0.15) is 23.0 Å². The van der Waals surface area contributed by atoms with Crippen LogP contribution >= 0.6 is 28.6 Å². The normalized spacial score (nSPS) is 10.3. The lowest BCUT2D eigenvalue weighted by Gasteiger charge is -2.21. The molecule has 0 spiro atoms. The molecule has 0 bridgehead atoms. The molecule has 1 amide bonds. The van der Waals surface area contributed by atoms with E-state index in [4.69, 9.17) is 0 Å². The molecule has 0 aliphatic heterocycles. The second-order valence-corrected chi connectivity index (χ2v) is 5.68. The van der Waals surface area contributed by atoms with Gasteiger partial charge in [-0.1, -0.05) is 6.07 Å². The summed E-state index contributed by atoms with van der Waals surface area (Å²) in [6.45, 7) is 3.08. The Morgan fingerprint density at radius 2 is 2.15 bits per heavy atom. The Morgan fingerprint density at radius 1 is 1.35 bits per heavy atom. The van der Waals surface area contributed by atoms with Gasteiger partial charge in [-0.25, -0.2) is 0 Å². The Labute approximate surface area is 132 Å². The summed E-state index contributed by atoms with van der Waals surface area (Å²) >= 11 is 7.71. The molecule has 0 aliphatic carbocycles. The Kier molecular flexibility index (Phi) is 5.20. The largest absolute Gasteiger partial charge is 0.333 e. The summed E-state index contributed by atoms with van der Waals surface area (Å²) in [5.74, 6) is -0.0269. The van der Waals surface area contributed by atoms with Crippen LogP contribution in [0.5, 0.6) is 0 Å². The van der Waals surface area contributed by atoms with Crippen LogP contribution < -0.4 is 0 Å². The third-order valence-corrected chi connectivity index (χ3v) is 3.90. The van der Waals surface area contributed by atoms with Crippen LogP contribution in [0, 0.1) is 0 Å². The maximum Gasteiger partial charge on any atom is 0.255 e. The minimum atomic E-state index is -0.0269. The van der Waals surface area contributed by atoms with Crippen LogP contribution in [0.15, 0.2) is 52.0 Å². The van der Waals surface area contributed by atoms with Gasteiger partial charge in [0.25, 0.3) is 5.91 Å². The summed E-state index contributed by atoms with van der Waals surface area (Å²) in [7, 11) is 0. The van der Waals surface area contributed by atoms with Crippen molar-refractivity contribution in [2.75, 3.05) is 6.54 Å². The maximum absolute atomic E-state index is 12.6. The summed E-state index contributed by atoms with van der Waals surface area (Å²) in [5, 5.41) is 0. The molecule has 0 N–H and O–H groups in total. The number of nitrogens with zero attached hydrogens (tertiary/aromatic N) is 2. The number of carbonyl (C=O) groups excluding carboxylic acids is 1. The first-order chi connectivity index (χ1) is 9.61. The Hall–Kier alpha value is -1.33. The predicted molar refractivity (Wildman–Crippen MR) is 86.0 cm³/mol. The van der Waals surface area contributed by atoms with Crippen LogP contribution in [0.3, 0.4) is 0 Å². The van der Waals surface area contributed by atoms with Crippen molar-refractivity contribution >= 4 is 34.5 Å². The van der Waals surface area contributed by atoms with Crippen LogP contribution in [-0.4, -0.2) is 22.3 Å². The SMILES string of the molecule is CCN(Cc1ccccn1)C(=O)c1cc(S)ccc1Br. The van der Waals surface area contributed by atoms with Gasteiger partial charge in [0.05, 0.1) is 17.8 Å². The molecule has 0 saturated carbocycles. The van der Waals surface area contributed by atoms with Gasteiger partial charge >= 0.3 is 0 Å². The number of thiol groups is 1. The number of amides is 1. The number of hydrogen-bond acceptors (Lipinski definition) is 3. The number of halogens is 1. The van der Waals surface area contributed by atoms with E-state index in [0.717, 1.165) is 15.1 Å². The third-order valence-electron chi connectivity index (χ3n) is 2.93. The molecule has 0 saturated heterocycles. The zero-order valence-corrected chi connectivity index (χ0v) is 13.6. The van der Waals surface area contributed by atoms with Gasteiger partial charge in [-0.2, -0.15) is 0 Å². The highest BCUT2D eigenvalue weighted by molar-refractivity contribution is 9.10. The van der Waals surface area contributed by atoms with Gasteiger partial charge in [0.2, 0.25) is 0 Å². The Morgan fingerprint density at radius 3 is 2.80 bits per heavy atom. The highest BCUT2D eigenvalue weighted by atomic mass is 79.9. The first-order valence-corrected chi connectivity index (χ1v) is 7.53. The van der Waals surface area contributed by atoms with Crippen molar-refractivity contribution < 1.29 is 4.79 Å². The molecule has 104 valence electrons. The lowest BCUT2D eigenvalue weighted by atomic mass is 10.2. The zero-order valence-electron chi connectivity index (χ0n) is 11.1. The number of pyridine rings is 1. The van der Waals surface area contributed by atoms with Gasteiger partial charge in [0.15, 0.2) is 0 Å². The molecule has 3 nitrogen and oxygen atoms in total. The smallest absolute Gasteiger partial charge is 0.255 e. The minimum Gasteiger partial charge on any atom is -0.333 e. The van der Waals surface area contributed by atoms with Crippen LogP contribution in [-0.2, 0) is 6.54 Å². The summed E-state index contributed by atoms with van der Waals surface area (Å²) in [4.78, 5) is 19.4. The van der Waals surface area contributed by atoms with E-state index in [-0.39, 0.29) is 5.91 Å². The van der Waals surface area contributed by atoms with E-state index in [1.807, 2.05) is 37.3 Å². The van der Waals surface area contributed by atoms with E-state index in [1.54, 1.807) is 17.2 Å². The lowest BCUT2D eigenvalue weighted by Crippen LogP contribution is -2.30. The molecule has 5 heteroatoms. The standard InChI is InChI=1S/C15H15BrN2OS/c1-2-18(10-11-5-3-4-8-17-11)15(19)13-9-12(20)6-7-14(13)16/h3-9,20H,2,10H2,1H3. The minimum absolute atomic E-state index is 0.0269. The molecule has 1 aromatic carbocycles. The molecule has 1 aromatic heterocycles. The average Bonchev–Trinajstić information content (AvgIpc) is 2.47. The maximum atomic E-state index is 12.6.